The molecule has 1 aromatic heterocycles. The summed E-state index contributed by atoms with van der Waals surface area (Å²) in [6.45, 7) is 5.83. The number of benzene rings is 1. The summed E-state index contributed by atoms with van der Waals surface area (Å²) in [5.74, 6) is 3.17. The summed E-state index contributed by atoms with van der Waals surface area (Å²) < 4.78 is 7.12. The molecule has 1 aromatic carbocycles. The first-order chi connectivity index (χ1) is 13.1. The standard InChI is InChI=1S/C19H28N6O2/c1-4-20-19(21-12-17(26)14-7-9-15(27-3)10-8-14)23-16-6-5-11-25-18(16)22-13(2)24-25/h7-10,16-17,26H,4-6,11-12H2,1-3H3,(H2,20,21,23). The predicted octanol–water partition coefficient (Wildman–Crippen LogP) is 1.72. The molecule has 2 heterocycles. The molecule has 27 heavy (non-hydrogen) atoms. The van der Waals surface area contributed by atoms with Crippen molar-refractivity contribution >= 4 is 5.96 Å². The minimum Gasteiger partial charge on any atom is -0.497 e. The van der Waals surface area contributed by atoms with E-state index >= 15 is 0 Å². The highest BCUT2D eigenvalue weighted by Gasteiger charge is 2.24. The number of aliphatic imine (C=N–C) groups is 1. The molecular formula is C19H28N6O2. The molecule has 8 heteroatoms. The second-order valence-corrected chi connectivity index (χ2v) is 6.59. The van der Waals surface area contributed by atoms with Crippen LogP contribution in [0, 0.1) is 6.92 Å². The zero-order valence-corrected chi connectivity index (χ0v) is 16.1. The van der Waals surface area contributed by atoms with Gasteiger partial charge in [0, 0.05) is 13.1 Å². The Morgan fingerprint density at radius 2 is 2.19 bits per heavy atom. The Bertz CT molecular complexity index is 771. The van der Waals surface area contributed by atoms with Gasteiger partial charge in [0.15, 0.2) is 5.96 Å². The third-order valence-corrected chi connectivity index (χ3v) is 4.56. The van der Waals surface area contributed by atoms with Crippen molar-refractivity contribution in [2.45, 2.75) is 45.4 Å². The summed E-state index contributed by atoms with van der Waals surface area (Å²) in [4.78, 5) is 9.11. The van der Waals surface area contributed by atoms with Gasteiger partial charge in [-0.1, -0.05) is 12.1 Å². The number of aliphatic hydroxyl groups is 1. The Kier molecular flexibility index (Phi) is 6.28. The van der Waals surface area contributed by atoms with Crippen molar-refractivity contribution in [3.63, 3.8) is 0 Å². The van der Waals surface area contributed by atoms with Crippen molar-refractivity contribution in [3.05, 3.63) is 41.5 Å². The van der Waals surface area contributed by atoms with Gasteiger partial charge in [-0.15, -0.1) is 0 Å². The van der Waals surface area contributed by atoms with Crippen LogP contribution in [-0.4, -0.2) is 46.0 Å². The van der Waals surface area contributed by atoms with Crippen LogP contribution in [0.25, 0.3) is 0 Å². The summed E-state index contributed by atoms with van der Waals surface area (Å²) in [5, 5.41) is 21.6. The summed E-state index contributed by atoms with van der Waals surface area (Å²) in [7, 11) is 1.62. The van der Waals surface area contributed by atoms with Crippen LogP contribution in [0.1, 0.15) is 49.1 Å². The minimum absolute atomic E-state index is 0.0656. The van der Waals surface area contributed by atoms with E-state index < -0.39 is 6.10 Å². The van der Waals surface area contributed by atoms with Crippen LogP contribution in [0.4, 0.5) is 0 Å². The molecule has 1 aliphatic heterocycles. The van der Waals surface area contributed by atoms with Gasteiger partial charge in [-0.05, 0) is 44.4 Å². The number of nitrogens with one attached hydrogen (secondary N) is 2. The smallest absolute Gasteiger partial charge is 0.191 e. The van der Waals surface area contributed by atoms with Gasteiger partial charge in [0.1, 0.15) is 17.4 Å². The van der Waals surface area contributed by atoms with Crippen LogP contribution < -0.4 is 15.4 Å². The van der Waals surface area contributed by atoms with Crippen molar-refractivity contribution in [1.29, 1.82) is 0 Å². The lowest BCUT2D eigenvalue weighted by Crippen LogP contribution is -2.41. The van der Waals surface area contributed by atoms with E-state index in [0.717, 1.165) is 48.9 Å². The lowest BCUT2D eigenvalue weighted by molar-refractivity contribution is 0.187. The van der Waals surface area contributed by atoms with E-state index in [2.05, 4.69) is 25.7 Å². The van der Waals surface area contributed by atoms with Crippen molar-refractivity contribution < 1.29 is 9.84 Å². The van der Waals surface area contributed by atoms with Crippen LogP contribution in [0.5, 0.6) is 5.75 Å². The van der Waals surface area contributed by atoms with Gasteiger partial charge in [0.25, 0.3) is 0 Å². The lowest BCUT2D eigenvalue weighted by atomic mass is 10.1. The predicted molar refractivity (Wildman–Crippen MR) is 104 cm³/mol. The van der Waals surface area contributed by atoms with Gasteiger partial charge in [0.05, 0.1) is 25.8 Å². The Morgan fingerprint density at radius 1 is 1.41 bits per heavy atom. The van der Waals surface area contributed by atoms with Gasteiger partial charge < -0.3 is 20.5 Å². The zero-order valence-electron chi connectivity index (χ0n) is 16.1. The second-order valence-electron chi connectivity index (χ2n) is 6.59. The highest BCUT2D eigenvalue weighted by atomic mass is 16.5. The van der Waals surface area contributed by atoms with E-state index in [1.807, 2.05) is 42.8 Å². The van der Waals surface area contributed by atoms with Crippen LogP contribution in [-0.2, 0) is 6.54 Å². The fraction of sp³-hybridized carbons (Fsp3) is 0.526. The molecule has 0 fully saturated rings. The summed E-state index contributed by atoms with van der Waals surface area (Å²) >= 11 is 0. The van der Waals surface area contributed by atoms with Crippen LogP contribution >= 0.6 is 0 Å². The van der Waals surface area contributed by atoms with Gasteiger partial charge >= 0.3 is 0 Å². The minimum atomic E-state index is -0.677. The van der Waals surface area contributed by atoms with Gasteiger partial charge in [0.2, 0.25) is 0 Å². The van der Waals surface area contributed by atoms with Crippen molar-refractivity contribution in [1.82, 2.24) is 25.4 Å². The first kappa shape index (κ1) is 19.2. The Morgan fingerprint density at radius 3 is 2.89 bits per heavy atom. The highest BCUT2D eigenvalue weighted by molar-refractivity contribution is 5.80. The number of aliphatic hydroxyl groups excluding tert-OH is 1. The lowest BCUT2D eigenvalue weighted by Gasteiger charge is -2.25. The number of nitrogens with zero attached hydrogens (tertiary/aromatic N) is 4. The number of aryl methyl sites for hydroxylation is 2. The molecule has 0 saturated heterocycles. The Hall–Kier alpha value is -2.61. The molecule has 1 aliphatic rings. The molecule has 2 aromatic rings. The number of ether oxygens (including phenoxy) is 1. The number of methoxy groups -OCH3 is 1. The normalized spacial score (nSPS) is 17.9. The van der Waals surface area contributed by atoms with Crippen molar-refractivity contribution in [3.8, 4) is 5.75 Å². The molecule has 146 valence electrons. The molecule has 0 aliphatic carbocycles. The summed E-state index contributed by atoms with van der Waals surface area (Å²) in [6, 6.07) is 7.44. The maximum absolute atomic E-state index is 10.4. The van der Waals surface area contributed by atoms with Crippen LogP contribution in [0.15, 0.2) is 29.3 Å². The van der Waals surface area contributed by atoms with Gasteiger partial charge in [-0.25, -0.2) is 9.67 Å². The topological polar surface area (TPSA) is 96.6 Å². The Labute approximate surface area is 159 Å². The van der Waals surface area contributed by atoms with E-state index in [1.165, 1.54) is 0 Å². The molecule has 0 bridgehead atoms. The molecule has 8 nitrogen and oxygen atoms in total. The number of hydrogen-bond acceptors (Lipinski definition) is 5. The second kappa shape index (κ2) is 8.85. The number of aromatic nitrogens is 3. The third kappa shape index (κ3) is 4.77. The average Bonchev–Trinajstić information content (AvgIpc) is 3.07. The average molecular weight is 372 g/mol. The van der Waals surface area contributed by atoms with E-state index in [4.69, 9.17) is 4.74 Å². The fourth-order valence-electron chi connectivity index (χ4n) is 3.20. The molecule has 2 atom stereocenters. The quantitative estimate of drug-likeness (QED) is 0.528. The van der Waals surface area contributed by atoms with E-state index in [9.17, 15) is 5.11 Å². The van der Waals surface area contributed by atoms with Gasteiger partial charge in [-0.2, -0.15) is 5.10 Å². The molecule has 2 unspecified atom stereocenters. The first-order valence-corrected chi connectivity index (χ1v) is 9.39. The third-order valence-electron chi connectivity index (χ3n) is 4.56. The highest BCUT2D eigenvalue weighted by Crippen LogP contribution is 2.23. The number of hydrogen-bond donors (Lipinski definition) is 3. The van der Waals surface area contributed by atoms with E-state index in [1.54, 1.807) is 7.11 Å². The number of rotatable bonds is 6. The van der Waals surface area contributed by atoms with Crippen molar-refractivity contribution in [2.24, 2.45) is 4.99 Å². The SMILES string of the molecule is CCNC(=NCC(O)c1ccc(OC)cc1)NC1CCCn2nc(C)nc21. The molecular weight excluding hydrogens is 344 g/mol. The van der Waals surface area contributed by atoms with Crippen LogP contribution in [0.3, 0.4) is 0 Å². The maximum atomic E-state index is 10.4. The summed E-state index contributed by atoms with van der Waals surface area (Å²) in [6.07, 6.45) is 1.34. The van der Waals surface area contributed by atoms with Gasteiger partial charge in [-0.3, -0.25) is 4.99 Å². The maximum Gasteiger partial charge on any atom is 0.191 e. The number of fused-ring (bicyclic) bond motifs is 1. The van der Waals surface area contributed by atoms with E-state index in [-0.39, 0.29) is 12.6 Å². The molecule has 0 spiro atoms. The van der Waals surface area contributed by atoms with Crippen LogP contribution in [0.2, 0.25) is 0 Å². The largest absolute Gasteiger partial charge is 0.497 e. The fourth-order valence-corrected chi connectivity index (χ4v) is 3.20. The monoisotopic (exact) mass is 372 g/mol. The molecule has 3 rings (SSSR count). The number of guanidine groups is 1. The summed E-state index contributed by atoms with van der Waals surface area (Å²) in [5.41, 5.74) is 0.809. The Balaban J connectivity index is 1.67. The molecule has 0 radical (unpaired) electrons. The molecule has 0 saturated carbocycles. The zero-order chi connectivity index (χ0) is 19.2. The molecule has 3 N–H and O–H groups in total. The van der Waals surface area contributed by atoms with Crippen molar-refractivity contribution in [2.75, 3.05) is 20.2 Å². The van der Waals surface area contributed by atoms with E-state index in [0.29, 0.717) is 5.96 Å². The first-order valence-electron chi connectivity index (χ1n) is 9.39. The molecule has 0 amide bonds.